The van der Waals surface area contributed by atoms with Gasteiger partial charge in [-0.05, 0) is 53.6 Å². The second-order valence-electron chi connectivity index (χ2n) is 6.66. The van der Waals surface area contributed by atoms with Crippen LogP contribution in [-0.2, 0) is 14.6 Å². The Kier molecular flexibility index (Phi) is 5.14. The van der Waals surface area contributed by atoms with Crippen molar-refractivity contribution in [2.45, 2.75) is 22.7 Å². The van der Waals surface area contributed by atoms with Gasteiger partial charge in [0.15, 0.2) is 14.6 Å². The molecular weight excluding hydrogens is 378 g/mol. The number of primary amides is 1. The number of methoxy groups -OCH3 is 1. The maximum atomic E-state index is 13.3. The van der Waals surface area contributed by atoms with Gasteiger partial charge in [-0.2, -0.15) is 0 Å². The average molecular weight is 399 g/mol. The van der Waals surface area contributed by atoms with Crippen LogP contribution in [0, 0.1) is 0 Å². The van der Waals surface area contributed by atoms with Crippen molar-refractivity contribution < 1.29 is 23.1 Å². The predicted molar refractivity (Wildman–Crippen MR) is 107 cm³/mol. The standard InChI is InChI=1S/C21H21NO5S/c1-21(20(22)24,28(25,26)18-11-9-17(27-2)10-12-18)19(23)16-8-7-14-5-3-4-6-15(14)13-16/h3-13,19,23H,1-2H3,(H2,22,24). The fourth-order valence-corrected chi connectivity index (χ4v) is 4.79. The van der Waals surface area contributed by atoms with E-state index in [0.29, 0.717) is 5.75 Å². The van der Waals surface area contributed by atoms with E-state index in [-0.39, 0.29) is 10.5 Å². The number of nitrogens with two attached hydrogens (primary N) is 1. The molecule has 146 valence electrons. The SMILES string of the molecule is COc1ccc(S(=O)(=O)C(C)(C(N)=O)C(O)c2ccc3ccccc3c2)cc1. The summed E-state index contributed by atoms with van der Waals surface area (Å²) in [5.74, 6) is -0.668. The number of carbonyl (C=O) groups excluding carboxylic acids is 1. The number of aliphatic hydroxyl groups is 1. The van der Waals surface area contributed by atoms with E-state index in [1.165, 1.54) is 31.4 Å². The van der Waals surface area contributed by atoms with Crippen molar-refractivity contribution in [2.75, 3.05) is 7.11 Å². The van der Waals surface area contributed by atoms with Crippen LogP contribution in [0.5, 0.6) is 5.75 Å². The second-order valence-corrected chi connectivity index (χ2v) is 8.99. The summed E-state index contributed by atoms with van der Waals surface area (Å²) < 4.78 is 29.3. The number of aliphatic hydroxyl groups excluding tert-OH is 1. The predicted octanol–water partition coefficient (Wildman–Crippen LogP) is 2.60. The van der Waals surface area contributed by atoms with Crippen LogP contribution in [0.15, 0.2) is 71.6 Å². The Bertz CT molecular complexity index is 1130. The Morgan fingerprint density at radius 1 is 1.04 bits per heavy atom. The Labute approximate surface area is 163 Å². The highest BCUT2D eigenvalue weighted by Gasteiger charge is 2.52. The van der Waals surface area contributed by atoms with Gasteiger partial charge in [-0.15, -0.1) is 0 Å². The normalized spacial score (nSPS) is 15.0. The smallest absolute Gasteiger partial charge is 0.242 e. The molecule has 0 heterocycles. The Morgan fingerprint density at radius 3 is 2.21 bits per heavy atom. The van der Waals surface area contributed by atoms with Crippen molar-refractivity contribution >= 4 is 26.5 Å². The summed E-state index contributed by atoms with van der Waals surface area (Å²) >= 11 is 0. The molecule has 7 heteroatoms. The van der Waals surface area contributed by atoms with Gasteiger partial charge in [0.1, 0.15) is 11.9 Å². The van der Waals surface area contributed by atoms with Crippen LogP contribution in [0.2, 0.25) is 0 Å². The molecule has 0 fully saturated rings. The van der Waals surface area contributed by atoms with Crippen LogP contribution in [0.4, 0.5) is 0 Å². The highest BCUT2D eigenvalue weighted by atomic mass is 32.2. The average Bonchev–Trinajstić information content (AvgIpc) is 2.71. The van der Waals surface area contributed by atoms with Crippen molar-refractivity contribution in [3.05, 3.63) is 72.3 Å². The maximum absolute atomic E-state index is 13.3. The first-order valence-corrected chi connectivity index (χ1v) is 10.1. The van der Waals surface area contributed by atoms with E-state index in [4.69, 9.17) is 10.5 Å². The molecular formula is C21H21NO5S. The number of ether oxygens (including phenoxy) is 1. The van der Waals surface area contributed by atoms with Crippen LogP contribution >= 0.6 is 0 Å². The third-order valence-electron chi connectivity index (χ3n) is 5.03. The number of sulfone groups is 1. The quantitative estimate of drug-likeness (QED) is 0.663. The van der Waals surface area contributed by atoms with E-state index in [9.17, 15) is 18.3 Å². The molecule has 0 aliphatic rings. The molecule has 3 N–H and O–H groups in total. The molecule has 2 atom stereocenters. The molecule has 0 bridgehead atoms. The third-order valence-corrected chi connectivity index (χ3v) is 7.46. The van der Waals surface area contributed by atoms with Crippen molar-refractivity contribution in [3.8, 4) is 5.75 Å². The number of benzene rings is 3. The zero-order valence-corrected chi connectivity index (χ0v) is 16.3. The summed E-state index contributed by atoms with van der Waals surface area (Å²) in [5.41, 5.74) is 5.79. The minimum atomic E-state index is -4.31. The maximum Gasteiger partial charge on any atom is 0.242 e. The molecule has 28 heavy (non-hydrogen) atoms. The van der Waals surface area contributed by atoms with Gasteiger partial charge in [-0.25, -0.2) is 8.42 Å². The van der Waals surface area contributed by atoms with Gasteiger partial charge in [0, 0.05) is 0 Å². The van der Waals surface area contributed by atoms with Crippen molar-refractivity contribution in [1.29, 1.82) is 0 Å². The molecule has 0 saturated carbocycles. The van der Waals surface area contributed by atoms with E-state index in [1.54, 1.807) is 18.2 Å². The Balaban J connectivity index is 2.12. The summed E-state index contributed by atoms with van der Waals surface area (Å²) in [6.07, 6.45) is -1.65. The first-order valence-electron chi connectivity index (χ1n) is 8.57. The lowest BCUT2D eigenvalue weighted by molar-refractivity contribution is -0.123. The van der Waals surface area contributed by atoms with Gasteiger partial charge in [0.2, 0.25) is 5.91 Å². The minimum Gasteiger partial charge on any atom is -0.497 e. The molecule has 0 radical (unpaired) electrons. The topological polar surface area (TPSA) is 107 Å². The summed E-state index contributed by atoms with van der Waals surface area (Å²) in [4.78, 5) is 12.2. The van der Waals surface area contributed by atoms with E-state index in [0.717, 1.165) is 17.7 Å². The summed E-state index contributed by atoms with van der Waals surface area (Å²) in [7, 11) is -2.85. The molecule has 0 aliphatic carbocycles. The molecule has 2 unspecified atom stereocenters. The van der Waals surface area contributed by atoms with Crippen molar-refractivity contribution in [2.24, 2.45) is 5.73 Å². The van der Waals surface area contributed by atoms with Crippen molar-refractivity contribution in [1.82, 2.24) is 0 Å². The van der Waals surface area contributed by atoms with Gasteiger partial charge in [-0.1, -0.05) is 36.4 Å². The molecule has 0 aliphatic heterocycles. The van der Waals surface area contributed by atoms with Crippen LogP contribution < -0.4 is 10.5 Å². The molecule has 3 rings (SSSR count). The van der Waals surface area contributed by atoms with Gasteiger partial charge in [0.25, 0.3) is 0 Å². The Hall–Kier alpha value is -2.90. The molecule has 0 spiro atoms. The number of carbonyl (C=O) groups is 1. The summed E-state index contributed by atoms with van der Waals surface area (Å²) in [6.45, 7) is 1.15. The fourth-order valence-electron chi connectivity index (χ4n) is 3.11. The lowest BCUT2D eigenvalue weighted by atomic mass is 9.94. The zero-order valence-electron chi connectivity index (χ0n) is 15.5. The largest absolute Gasteiger partial charge is 0.497 e. The second kappa shape index (κ2) is 7.26. The zero-order chi connectivity index (χ0) is 20.5. The highest BCUT2D eigenvalue weighted by molar-refractivity contribution is 7.93. The number of rotatable bonds is 6. The minimum absolute atomic E-state index is 0.130. The number of amides is 1. The van der Waals surface area contributed by atoms with E-state index in [1.807, 2.05) is 24.3 Å². The fraction of sp³-hybridized carbons (Fsp3) is 0.190. The van der Waals surface area contributed by atoms with Gasteiger partial charge in [-0.3, -0.25) is 4.79 Å². The molecule has 3 aromatic rings. The van der Waals surface area contributed by atoms with Gasteiger partial charge in [0.05, 0.1) is 12.0 Å². The van der Waals surface area contributed by atoms with Crippen LogP contribution in [0.3, 0.4) is 0 Å². The van der Waals surface area contributed by atoms with Crippen LogP contribution in [0.25, 0.3) is 10.8 Å². The molecule has 1 amide bonds. The molecule has 0 aromatic heterocycles. The number of hydrogen-bond donors (Lipinski definition) is 2. The Morgan fingerprint density at radius 2 is 1.64 bits per heavy atom. The molecule has 3 aromatic carbocycles. The molecule has 6 nitrogen and oxygen atoms in total. The highest BCUT2D eigenvalue weighted by Crippen LogP contribution is 2.38. The first-order chi connectivity index (χ1) is 13.2. The summed E-state index contributed by atoms with van der Waals surface area (Å²) in [6, 6.07) is 18.0. The van der Waals surface area contributed by atoms with Gasteiger partial charge >= 0.3 is 0 Å². The third kappa shape index (κ3) is 3.12. The lowest BCUT2D eigenvalue weighted by Gasteiger charge is -2.31. The summed E-state index contributed by atoms with van der Waals surface area (Å²) in [5, 5.41) is 12.7. The monoisotopic (exact) mass is 399 g/mol. The number of fused-ring (bicyclic) bond motifs is 1. The van der Waals surface area contributed by atoms with Gasteiger partial charge < -0.3 is 15.6 Å². The van der Waals surface area contributed by atoms with E-state index < -0.39 is 26.6 Å². The van der Waals surface area contributed by atoms with Crippen LogP contribution in [-0.4, -0.2) is 31.3 Å². The number of hydrogen-bond acceptors (Lipinski definition) is 5. The molecule has 0 saturated heterocycles. The first kappa shape index (κ1) is 19.9. The van der Waals surface area contributed by atoms with Crippen LogP contribution in [0.1, 0.15) is 18.6 Å². The lowest BCUT2D eigenvalue weighted by Crippen LogP contribution is -2.52. The van der Waals surface area contributed by atoms with E-state index in [2.05, 4.69) is 0 Å². The van der Waals surface area contributed by atoms with Crippen molar-refractivity contribution in [3.63, 3.8) is 0 Å². The van der Waals surface area contributed by atoms with E-state index >= 15 is 0 Å².